The lowest BCUT2D eigenvalue weighted by molar-refractivity contribution is 0.574. The number of allylic oxidation sites excluding steroid dienone is 2. The van der Waals surface area contributed by atoms with Gasteiger partial charge >= 0.3 is 0 Å². The number of thioether (sulfide) groups is 1. The van der Waals surface area contributed by atoms with Crippen molar-refractivity contribution in [3.63, 3.8) is 0 Å². The summed E-state index contributed by atoms with van der Waals surface area (Å²) in [7, 11) is -3.40. The summed E-state index contributed by atoms with van der Waals surface area (Å²) < 4.78 is 25.4. The second-order valence-corrected chi connectivity index (χ2v) is 9.00. The van der Waals surface area contributed by atoms with Crippen molar-refractivity contribution in [3.8, 4) is 0 Å². The molecule has 0 heterocycles. The van der Waals surface area contributed by atoms with Crippen LogP contribution in [0.1, 0.15) is 12.8 Å². The zero-order valence-corrected chi connectivity index (χ0v) is 13.1. The first-order valence-electron chi connectivity index (χ1n) is 6.83. The summed E-state index contributed by atoms with van der Waals surface area (Å²) >= 11 is 1.45. The normalized spacial score (nSPS) is 17.0. The van der Waals surface area contributed by atoms with E-state index in [4.69, 9.17) is 0 Å². The van der Waals surface area contributed by atoms with Crippen LogP contribution >= 0.6 is 11.8 Å². The van der Waals surface area contributed by atoms with Gasteiger partial charge in [0, 0.05) is 4.90 Å². The summed E-state index contributed by atoms with van der Waals surface area (Å²) in [6, 6.07) is 18.5. The highest BCUT2D eigenvalue weighted by Gasteiger charge is 2.45. The van der Waals surface area contributed by atoms with Crippen molar-refractivity contribution in [2.75, 3.05) is 0 Å². The molecule has 0 spiro atoms. The van der Waals surface area contributed by atoms with Crippen LogP contribution < -0.4 is 0 Å². The molecule has 2 aromatic carbocycles. The van der Waals surface area contributed by atoms with E-state index in [-0.39, 0.29) is 0 Å². The van der Waals surface area contributed by atoms with Crippen LogP contribution in [0.4, 0.5) is 0 Å². The van der Waals surface area contributed by atoms with E-state index in [2.05, 4.69) is 0 Å². The van der Waals surface area contributed by atoms with Crippen LogP contribution in [0.5, 0.6) is 0 Å². The molecule has 0 radical (unpaired) electrons. The van der Waals surface area contributed by atoms with Crippen molar-refractivity contribution in [3.05, 3.63) is 72.8 Å². The van der Waals surface area contributed by atoms with Gasteiger partial charge in [0.15, 0.2) is 9.84 Å². The van der Waals surface area contributed by atoms with Gasteiger partial charge in [-0.2, -0.15) is 0 Å². The molecule has 0 fully saturated rings. The number of rotatable bonds is 4. The number of hydrogen-bond acceptors (Lipinski definition) is 3. The van der Waals surface area contributed by atoms with Crippen LogP contribution in [0.3, 0.4) is 0 Å². The van der Waals surface area contributed by atoms with Crippen molar-refractivity contribution >= 4 is 21.6 Å². The predicted octanol–water partition coefficient (Wildman–Crippen LogP) is 4.30. The Kier molecular flexibility index (Phi) is 3.91. The third kappa shape index (κ3) is 2.65. The van der Waals surface area contributed by atoms with Gasteiger partial charge in [-0.3, -0.25) is 0 Å². The molecule has 4 heteroatoms. The molecule has 2 aromatic rings. The smallest absolute Gasteiger partial charge is 0.194 e. The van der Waals surface area contributed by atoms with Gasteiger partial charge in [0.05, 0.1) is 4.90 Å². The Labute approximate surface area is 129 Å². The monoisotopic (exact) mass is 316 g/mol. The second kappa shape index (κ2) is 5.70. The minimum Gasteiger partial charge on any atom is -0.222 e. The van der Waals surface area contributed by atoms with E-state index in [1.54, 1.807) is 24.3 Å². The minimum absolute atomic E-state index is 0.400. The third-order valence-electron chi connectivity index (χ3n) is 3.61. The first-order chi connectivity index (χ1) is 10.1. The van der Waals surface area contributed by atoms with E-state index in [1.807, 2.05) is 48.6 Å². The Morgan fingerprint density at radius 2 is 1.33 bits per heavy atom. The topological polar surface area (TPSA) is 34.1 Å². The fourth-order valence-corrected chi connectivity index (χ4v) is 6.16. The largest absolute Gasteiger partial charge is 0.222 e. The highest BCUT2D eigenvalue weighted by Crippen LogP contribution is 2.48. The van der Waals surface area contributed by atoms with Gasteiger partial charge in [-0.1, -0.05) is 48.6 Å². The summed E-state index contributed by atoms with van der Waals surface area (Å²) in [6.45, 7) is 0. The average molecular weight is 316 g/mol. The van der Waals surface area contributed by atoms with Gasteiger partial charge in [-0.15, -0.1) is 11.8 Å². The van der Waals surface area contributed by atoms with E-state index in [0.717, 1.165) is 4.90 Å². The van der Waals surface area contributed by atoms with E-state index >= 15 is 0 Å². The van der Waals surface area contributed by atoms with Crippen LogP contribution in [0, 0.1) is 0 Å². The minimum atomic E-state index is -3.40. The molecule has 3 rings (SSSR count). The Morgan fingerprint density at radius 3 is 1.90 bits per heavy atom. The Hall–Kier alpha value is -1.52. The molecule has 0 N–H and O–H groups in total. The van der Waals surface area contributed by atoms with Gasteiger partial charge in [0.2, 0.25) is 0 Å². The van der Waals surface area contributed by atoms with E-state index in [0.29, 0.717) is 17.7 Å². The molecule has 0 aliphatic heterocycles. The highest BCUT2D eigenvalue weighted by molar-refractivity contribution is 8.14. The summed E-state index contributed by atoms with van der Waals surface area (Å²) in [5.74, 6) is 0. The summed E-state index contributed by atoms with van der Waals surface area (Å²) in [5, 5.41) is 0. The lowest BCUT2D eigenvalue weighted by atomic mass is 10.3. The van der Waals surface area contributed by atoms with Crippen LogP contribution in [-0.2, 0) is 9.84 Å². The molecule has 0 saturated carbocycles. The molecule has 0 atom stereocenters. The van der Waals surface area contributed by atoms with Crippen molar-refractivity contribution in [2.45, 2.75) is 26.7 Å². The summed E-state index contributed by atoms with van der Waals surface area (Å²) in [6.07, 6.45) is 5.03. The van der Waals surface area contributed by atoms with Crippen LogP contribution in [0.2, 0.25) is 0 Å². The van der Waals surface area contributed by atoms with Crippen molar-refractivity contribution in [2.24, 2.45) is 0 Å². The molecule has 0 unspecified atom stereocenters. The maximum absolute atomic E-state index is 13.1. The maximum atomic E-state index is 13.1. The molecule has 0 bridgehead atoms. The van der Waals surface area contributed by atoms with Gasteiger partial charge in [-0.05, 0) is 37.1 Å². The molecule has 0 saturated heterocycles. The molecule has 1 aliphatic carbocycles. The first-order valence-corrected chi connectivity index (χ1v) is 9.13. The van der Waals surface area contributed by atoms with Crippen molar-refractivity contribution in [1.82, 2.24) is 0 Å². The molecule has 21 heavy (non-hydrogen) atoms. The fraction of sp³-hybridized carbons (Fsp3) is 0.176. The Morgan fingerprint density at radius 1 is 0.810 bits per heavy atom. The van der Waals surface area contributed by atoms with Crippen molar-refractivity contribution in [1.29, 1.82) is 0 Å². The Bertz CT molecular complexity index is 727. The van der Waals surface area contributed by atoms with Gasteiger partial charge in [0.1, 0.15) is 4.08 Å². The van der Waals surface area contributed by atoms with Crippen LogP contribution in [0.25, 0.3) is 0 Å². The van der Waals surface area contributed by atoms with Crippen molar-refractivity contribution < 1.29 is 8.42 Å². The Balaban J connectivity index is 2.02. The average Bonchev–Trinajstić information content (AvgIpc) is 2.99. The van der Waals surface area contributed by atoms with Gasteiger partial charge in [-0.25, -0.2) is 8.42 Å². The van der Waals surface area contributed by atoms with Gasteiger partial charge < -0.3 is 0 Å². The lowest BCUT2D eigenvalue weighted by Crippen LogP contribution is -2.32. The molecule has 108 valence electrons. The number of benzene rings is 2. The molecular weight excluding hydrogens is 300 g/mol. The number of sulfone groups is 1. The highest BCUT2D eigenvalue weighted by atomic mass is 32.3. The van der Waals surface area contributed by atoms with E-state index < -0.39 is 13.9 Å². The third-order valence-corrected chi connectivity index (χ3v) is 7.94. The zero-order valence-electron chi connectivity index (χ0n) is 11.5. The van der Waals surface area contributed by atoms with E-state index in [1.165, 1.54) is 11.8 Å². The predicted molar refractivity (Wildman–Crippen MR) is 87.0 cm³/mol. The second-order valence-electron chi connectivity index (χ2n) is 5.02. The first kappa shape index (κ1) is 14.4. The van der Waals surface area contributed by atoms with Gasteiger partial charge in [0.25, 0.3) is 0 Å². The summed E-state index contributed by atoms with van der Waals surface area (Å²) in [5.41, 5.74) is 0. The standard InChI is InChI=1S/C17H16O2S2/c18-21(19,16-11-5-2-6-12-16)17(13-7-8-14-17)20-15-9-3-1-4-10-15/h1-12H,13-14H2. The van der Waals surface area contributed by atoms with E-state index in [9.17, 15) is 8.42 Å². The fourth-order valence-electron chi connectivity index (χ4n) is 2.48. The molecule has 0 aromatic heterocycles. The molecule has 0 amide bonds. The summed E-state index contributed by atoms with van der Waals surface area (Å²) in [4.78, 5) is 1.39. The van der Waals surface area contributed by atoms with Crippen LogP contribution in [-0.4, -0.2) is 12.5 Å². The molecule has 1 aliphatic rings. The lowest BCUT2D eigenvalue weighted by Gasteiger charge is -2.28. The zero-order chi connectivity index (χ0) is 14.8. The van der Waals surface area contributed by atoms with Crippen LogP contribution in [0.15, 0.2) is 82.6 Å². The maximum Gasteiger partial charge on any atom is 0.194 e. The number of hydrogen-bond donors (Lipinski definition) is 0. The molecular formula is C17H16O2S2. The SMILES string of the molecule is O=S(=O)(c1ccccc1)C1(Sc2ccccc2)CC=CC1. The molecule has 2 nitrogen and oxygen atoms in total. The quantitative estimate of drug-likeness (QED) is 0.789.